The van der Waals surface area contributed by atoms with Gasteiger partial charge in [0, 0.05) is 5.56 Å². The molecule has 0 radical (unpaired) electrons. The zero-order valence-corrected chi connectivity index (χ0v) is 16.7. The number of amides is 1. The van der Waals surface area contributed by atoms with Gasteiger partial charge in [0.1, 0.15) is 12.4 Å². The monoisotopic (exact) mass is 411 g/mol. The molecule has 0 aliphatic carbocycles. The van der Waals surface area contributed by atoms with E-state index in [0.717, 1.165) is 16.3 Å². The number of para-hydroxylation sites is 2. The van der Waals surface area contributed by atoms with Crippen LogP contribution >= 0.6 is 0 Å². The Hall–Kier alpha value is -3.99. The molecule has 4 aromatic carbocycles. The van der Waals surface area contributed by atoms with E-state index in [4.69, 9.17) is 9.47 Å². The molecule has 154 valence electrons. The van der Waals surface area contributed by atoms with E-state index < -0.39 is 12.1 Å². The third-order valence-electron chi connectivity index (χ3n) is 5.46. The van der Waals surface area contributed by atoms with Gasteiger partial charge in [0.15, 0.2) is 11.5 Å². The van der Waals surface area contributed by atoms with Crippen molar-refractivity contribution in [2.75, 3.05) is 6.61 Å². The molecule has 4 aromatic rings. The number of carbonyl (C=O) groups excluding carboxylic acids is 1. The van der Waals surface area contributed by atoms with Crippen molar-refractivity contribution in [3.63, 3.8) is 0 Å². The third kappa shape index (κ3) is 3.66. The Kier molecular flexibility index (Phi) is 4.92. The lowest BCUT2D eigenvalue weighted by Gasteiger charge is -2.28. The number of hydrogen-bond donors (Lipinski definition) is 2. The van der Waals surface area contributed by atoms with E-state index >= 15 is 0 Å². The fourth-order valence-corrected chi connectivity index (χ4v) is 3.94. The van der Waals surface area contributed by atoms with Crippen LogP contribution in [0.15, 0.2) is 91.0 Å². The highest BCUT2D eigenvalue weighted by atomic mass is 16.6. The van der Waals surface area contributed by atoms with E-state index in [0.29, 0.717) is 17.1 Å². The molecule has 1 heterocycles. The lowest BCUT2D eigenvalue weighted by atomic mass is 9.92. The molecule has 0 saturated carbocycles. The van der Waals surface area contributed by atoms with Crippen LogP contribution in [0.2, 0.25) is 0 Å². The number of rotatable bonds is 4. The van der Waals surface area contributed by atoms with Gasteiger partial charge in [-0.15, -0.1) is 0 Å². The Bertz CT molecular complexity index is 1240. The lowest BCUT2D eigenvalue weighted by molar-refractivity contribution is -0.130. The van der Waals surface area contributed by atoms with Crippen LogP contribution in [0.5, 0.6) is 17.2 Å². The minimum atomic E-state index is -0.793. The molecule has 1 aliphatic heterocycles. The molecule has 0 spiro atoms. The van der Waals surface area contributed by atoms with Gasteiger partial charge in [-0.3, -0.25) is 4.79 Å². The molecule has 31 heavy (non-hydrogen) atoms. The SMILES string of the molecule is O=C(NC(c1ccccc1)c1c(O)ccc2ccccc12)C1COc2ccccc2O1. The molecule has 2 N–H and O–H groups in total. The molecule has 2 unspecified atom stereocenters. The number of fused-ring (bicyclic) bond motifs is 2. The molecule has 0 saturated heterocycles. The van der Waals surface area contributed by atoms with Gasteiger partial charge in [-0.05, 0) is 34.5 Å². The predicted molar refractivity (Wildman–Crippen MR) is 118 cm³/mol. The average Bonchev–Trinajstić information content (AvgIpc) is 2.83. The van der Waals surface area contributed by atoms with Crippen LogP contribution in [-0.4, -0.2) is 23.7 Å². The van der Waals surface area contributed by atoms with Crippen LogP contribution in [0.1, 0.15) is 17.2 Å². The molecule has 5 nitrogen and oxygen atoms in total. The van der Waals surface area contributed by atoms with Crippen LogP contribution in [0.25, 0.3) is 10.8 Å². The van der Waals surface area contributed by atoms with Gasteiger partial charge in [0.05, 0.1) is 6.04 Å². The molecule has 0 aromatic heterocycles. The number of carbonyl (C=O) groups is 1. The van der Waals surface area contributed by atoms with E-state index in [-0.39, 0.29) is 18.3 Å². The maximum atomic E-state index is 13.2. The molecule has 1 aliphatic rings. The summed E-state index contributed by atoms with van der Waals surface area (Å²) in [6.45, 7) is 0.117. The van der Waals surface area contributed by atoms with Crippen molar-refractivity contribution in [2.24, 2.45) is 0 Å². The van der Waals surface area contributed by atoms with E-state index in [1.54, 1.807) is 12.1 Å². The number of ether oxygens (including phenoxy) is 2. The number of phenols is 1. The lowest BCUT2D eigenvalue weighted by Crippen LogP contribution is -2.45. The number of aromatic hydroxyl groups is 1. The van der Waals surface area contributed by atoms with Crippen LogP contribution in [-0.2, 0) is 4.79 Å². The van der Waals surface area contributed by atoms with Crippen molar-refractivity contribution in [1.82, 2.24) is 5.32 Å². The highest BCUT2D eigenvalue weighted by molar-refractivity contribution is 5.90. The summed E-state index contributed by atoms with van der Waals surface area (Å²) in [6.07, 6.45) is -0.793. The summed E-state index contributed by atoms with van der Waals surface area (Å²) in [4.78, 5) is 13.2. The van der Waals surface area contributed by atoms with Gasteiger partial charge in [-0.2, -0.15) is 0 Å². The van der Waals surface area contributed by atoms with Crippen molar-refractivity contribution in [2.45, 2.75) is 12.1 Å². The Morgan fingerprint density at radius 3 is 2.42 bits per heavy atom. The molecular formula is C26H21NO4. The third-order valence-corrected chi connectivity index (χ3v) is 5.46. The highest BCUT2D eigenvalue weighted by Gasteiger charge is 2.31. The number of phenolic OH excluding ortho intramolecular Hbond substituents is 1. The highest BCUT2D eigenvalue weighted by Crippen LogP contribution is 2.36. The molecular weight excluding hydrogens is 390 g/mol. The number of benzene rings is 4. The summed E-state index contributed by atoms with van der Waals surface area (Å²) in [5, 5.41) is 15.7. The van der Waals surface area contributed by atoms with Gasteiger partial charge in [0.2, 0.25) is 6.10 Å². The van der Waals surface area contributed by atoms with Crippen LogP contribution in [0.3, 0.4) is 0 Å². The summed E-state index contributed by atoms with van der Waals surface area (Å²) in [5.74, 6) is 0.978. The maximum absolute atomic E-state index is 13.2. The van der Waals surface area contributed by atoms with Gasteiger partial charge >= 0.3 is 0 Å². The first kappa shape index (κ1) is 19.0. The molecule has 0 fully saturated rings. The van der Waals surface area contributed by atoms with Crippen LogP contribution in [0, 0.1) is 0 Å². The van der Waals surface area contributed by atoms with Crippen LogP contribution < -0.4 is 14.8 Å². The van der Waals surface area contributed by atoms with Crippen molar-refractivity contribution < 1.29 is 19.4 Å². The predicted octanol–water partition coefficient (Wildman–Crippen LogP) is 4.59. The summed E-state index contributed by atoms with van der Waals surface area (Å²) < 4.78 is 11.6. The number of nitrogens with one attached hydrogen (secondary N) is 1. The minimum absolute atomic E-state index is 0.117. The molecule has 0 bridgehead atoms. The smallest absolute Gasteiger partial charge is 0.265 e. The zero-order chi connectivity index (χ0) is 21.2. The zero-order valence-electron chi connectivity index (χ0n) is 16.7. The molecule has 5 heteroatoms. The Labute approximate surface area is 179 Å². The topological polar surface area (TPSA) is 67.8 Å². The van der Waals surface area contributed by atoms with Crippen molar-refractivity contribution in [1.29, 1.82) is 0 Å². The standard InChI is InChI=1S/C26H21NO4/c28-20-15-14-17-8-4-5-11-19(17)24(20)25(18-9-2-1-3-10-18)27-26(29)23-16-30-21-12-6-7-13-22(21)31-23/h1-15,23,25,28H,16H2,(H,27,29). The van der Waals surface area contributed by atoms with E-state index in [1.807, 2.05) is 78.9 Å². The summed E-state index contributed by atoms with van der Waals surface area (Å²) in [5.41, 5.74) is 1.51. The van der Waals surface area contributed by atoms with E-state index in [2.05, 4.69) is 5.32 Å². The first-order chi connectivity index (χ1) is 15.2. The fraction of sp³-hybridized carbons (Fsp3) is 0.115. The minimum Gasteiger partial charge on any atom is -0.508 e. The van der Waals surface area contributed by atoms with Crippen molar-refractivity contribution >= 4 is 16.7 Å². The van der Waals surface area contributed by atoms with Gasteiger partial charge < -0.3 is 19.9 Å². The van der Waals surface area contributed by atoms with Gasteiger partial charge in [0.25, 0.3) is 5.91 Å². The second kappa shape index (κ2) is 8.03. The number of hydrogen-bond acceptors (Lipinski definition) is 4. The van der Waals surface area contributed by atoms with E-state index in [9.17, 15) is 9.90 Å². The molecule has 5 rings (SSSR count). The maximum Gasteiger partial charge on any atom is 0.265 e. The summed E-state index contributed by atoms with van der Waals surface area (Å²) in [7, 11) is 0. The Balaban J connectivity index is 1.52. The first-order valence-corrected chi connectivity index (χ1v) is 10.1. The Morgan fingerprint density at radius 1 is 0.871 bits per heavy atom. The Morgan fingerprint density at radius 2 is 1.58 bits per heavy atom. The second-order valence-corrected chi connectivity index (χ2v) is 7.44. The normalized spacial score (nSPS) is 15.9. The first-order valence-electron chi connectivity index (χ1n) is 10.1. The summed E-state index contributed by atoms with van der Waals surface area (Å²) >= 11 is 0. The average molecular weight is 411 g/mol. The molecule has 1 amide bonds. The van der Waals surface area contributed by atoms with Gasteiger partial charge in [-0.25, -0.2) is 0 Å². The summed E-state index contributed by atoms with van der Waals surface area (Å²) in [6, 6.07) is 27.7. The second-order valence-electron chi connectivity index (χ2n) is 7.44. The fourth-order valence-electron chi connectivity index (χ4n) is 3.94. The largest absolute Gasteiger partial charge is 0.508 e. The van der Waals surface area contributed by atoms with Crippen molar-refractivity contribution in [3.05, 3.63) is 102 Å². The van der Waals surface area contributed by atoms with E-state index in [1.165, 1.54) is 0 Å². The van der Waals surface area contributed by atoms with Crippen LogP contribution in [0.4, 0.5) is 0 Å². The quantitative estimate of drug-likeness (QED) is 0.515. The van der Waals surface area contributed by atoms with Crippen molar-refractivity contribution in [3.8, 4) is 17.2 Å². The van der Waals surface area contributed by atoms with Gasteiger partial charge in [-0.1, -0.05) is 72.8 Å². The molecule has 2 atom stereocenters.